The fraction of sp³-hybridized carbons (Fsp3) is 0.500. The van der Waals surface area contributed by atoms with E-state index in [1.807, 2.05) is 24.3 Å². The van der Waals surface area contributed by atoms with Crippen LogP contribution in [0.5, 0.6) is 5.75 Å². The quantitative estimate of drug-likeness (QED) is 0.642. The number of nitrogens with one attached hydrogen (secondary N) is 1. The van der Waals surface area contributed by atoms with Crippen molar-refractivity contribution in [1.82, 2.24) is 25.1 Å². The van der Waals surface area contributed by atoms with E-state index in [-0.39, 0.29) is 17.2 Å². The molecule has 0 spiro atoms. The average Bonchev–Trinajstić information content (AvgIpc) is 3.52. The molecule has 2 fully saturated rings. The molecule has 1 aromatic carbocycles. The predicted molar refractivity (Wildman–Crippen MR) is 122 cm³/mol. The lowest BCUT2D eigenvalue weighted by molar-refractivity contribution is -0.125. The highest BCUT2D eigenvalue weighted by Gasteiger charge is 2.38. The average molecular weight is 435 g/mol. The van der Waals surface area contributed by atoms with E-state index in [4.69, 9.17) is 4.74 Å². The van der Waals surface area contributed by atoms with Crippen LogP contribution in [-0.2, 0) is 10.2 Å². The maximum Gasteiger partial charge on any atom is 0.223 e. The summed E-state index contributed by atoms with van der Waals surface area (Å²) in [6.07, 6.45) is 7.82. The number of hydrogen-bond donors (Lipinski definition) is 1. The molecule has 2 aliphatic rings. The molecule has 3 heterocycles. The molecule has 8 nitrogen and oxygen atoms in total. The summed E-state index contributed by atoms with van der Waals surface area (Å²) in [6, 6.07) is 12.2. The zero-order valence-corrected chi connectivity index (χ0v) is 18.5. The van der Waals surface area contributed by atoms with E-state index in [0.717, 1.165) is 56.0 Å². The molecule has 2 aromatic heterocycles. The Morgan fingerprint density at radius 1 is 1.16 bits per heavy atom. The van der Waals surface area contributed by atoms with Gasteiger partial charge in [0, 0.05) is 36.5 Å². The molecule has 168 valence electrons. The molecule has 1 saturated carbocycles. The van der Waals surface area contributed by atoms with Gasteiger partial charge in [0.25, 0.3) is 0 Å². The van der Waals surface area contributed by atoms with Gasteiger partial charge in [0.15, 0.2) is 5.65 Å². The lowest BCUT2D eigenvalue weighted by Crippen LogP contribution is -2.45. The van der Waals surface area contributed by atoms with Crippen molar-refractivity contribution in [1.29, 1.82) is 0 Å². The lowest BCUT2D eigenvalue weighted by atomic mass is 9.78. The Bertz CT molecular complexity index is 1080. The van der Waals surface area contributed by atoms with Crippen LogP contribution in [0.25, 0.3) is 5.65 Å². The number of ether oxygens (including phenoxy) is 1. The van der Waals surface area contributed by atoms with Gasteiger partial charge in [0.05, 0.1) is 7.11 Å². The largest absolute Gasteiger partial charge is 0.496 e. The Morgan fingerprint density at radius 3 is 2.72 bits per heavy atom. The Kier molecular flexibility index (Phi) is 5.68. The number of nitrogens with zero attached hydrogens (tertiary/aromatic N) is 5. The molecular weight excluding hydrogens is 404 g/mol. The highest BCUT2D eigenvalue weighted by Crippen LogP contribution is 2.44. The van der Waals surface area contributed by atoms with Crippen LogP contribution in [0.2, 0.25) is 0 Å². The van der Waals surface area contributed by atoms with Crippen molar-refractivity contribution in [3.63, 3.8) is 0 Å². The molecular formula is C24H30N6O2. The minimum atomic E-state index is -0.0267. The van der Waals surface area contributed by atoms with Gasteiger partial charge in [-0.05, 0) is 43.9 Å². The first kappa shape index (κ1) is 20.7. The first-order valence-electron chi connectivity index (χ1n) is 11.5. The van der Waals surface area contributed by atoms with Crippen molar-refractivity contribution >= 4 is 17.4 Å². The van der Waals surface area contributed by atoms with E-state index in [1.54, 1.807) is 18.0 Å². The number of aromatic nitrogens is 4. The maximum atomic E-state index is 13.1. The molecule has 1 amide bonds. The number of carbonyl (C=O) groups excluding carboxylic acids is 1. The number of amides is 1. The van der Waals surface area contributed by atoms with Gasteiger partial charge in [-0.1, -0.05) is 31.0 Å². The van der Waals surface area contributed by atoms with E-state index in [2.05, 4.69) is 37.6 Å². The fourth-order valence-corrected chi connectivity index (χ4v) is 5.33. The van der Waals surface area contributed by atoms with Crippen molar-refractivity contribution in [2.45, 2.75) is 43.9 Å². The molecule has 1 aliphatic carbocycles. The fourth-order valence-electron chi connectivity index (χ4n) is 5.33. The first-order valence-corrected chi connectivity index (χ1v) is 11.5. The topological polar surface area (TPSA) is 84.6 Å². The Labute approximate surface area is 188 Å². The summed E-state index contributed by atoms with van der Waals surface area (Å²) in [4.78, 5) is 15.3. The van der Waals surface area contributed by atoms with Gasteiger partial charge in [-0.15, -0.1) is 15.3 Å². The molecule has 1 N–H and O–H groups in total. The van der Waals surface area contributed by atoms with Crippen molar-refractivity contribution in [2.75, 3.05) is 31.6 Å². The van der Waals surface area contributed by atoms with Gasteiger partial charge in [-0.3, -0.25) is 4.79 Å². The van der Waals surface area contributed by atoms with Gasteiger partial charge in [0.1, 0.15) is 17.9 Å². The lowest BCUT2D eigenvalue weighted by Gasteiger charge is -2.34. The summed E-state index contributed by atoms with van der Waals surface area (Å²) in [5.41, 5.74) is 1.94. The summed E-state index contributed by atoms with van der Waals surface area (Å²) in [7, 11) is 1.73. The van der Waals surface area contributed by atoms with Crippen molar-refractivity contribution in [3.05, 3.63) is 48.3 Å². The first-order chi connectivity index (χ1) is 15.7. The van der Waals surface area contributed by atoms with Crippen LogP contribution in [0.3, 0.4) is 0 Å². The van der Waals surface area contributed by atoms with Crippen LogP contribution >= 0.6 is 0 Å². The predicted octanol–water partition coefficient (Wildman–Crippen LogP) is 2.98. The third kappa shape index (κ3) is 3.89. The van der Waals surface area contributed by atoms with Gasteiger partial charge in [0.2, 0.25) is 5.91 Å². The second-order valence-electron chi connectivity index (χ2n) is 8.99. The summed E-state index contributed by atoms with van der Waals surface area (Å²) in [6.45, 7) is 2.31. The van der Waals surface area contributed by atoms with Crippen LogP contribution in [0.1, 0.15) is 44.1 Å². The number of para-hydroxylation sites is 1. The summed E-state index contributed by atoms with van der Waals surface area (Å²) >= 11 is 0. The zero-order valence-electron chi connectivity index (χ0n) is 18.5. The maximum absolute atomic E-state index is 13.1. The Morgan fingerprint density at radius 2 is 1.94 bits per heavy atom. The van der Waals surface area contributed by atoms with Crippen molar-refractivity contribution in [2.24, 2.45) is 5.92 Å². The number of rotatable bonds is 6. The number of piperidine rings is 1. The monoisotopic (exact) mass is 434 g/mol. The number of carbonyl (C=O) groups is 1. The van der Waals surface area contributed by atoms with Gasteiger partial charge >= 0.3 is 0 Å². The summed E-state index contributed by atoms with van der Waals surface area (Å²) < 4.78 is 7.34. The van der Waals surface area contributed by atoms with Crippen molar-refractivity contribution in [3.8, 4) is 5.75 Å². The summed E-state index contributed by atoms with van der Waals surface area (Å²) in [5.74, 6) is 2.04. The molecule has 0 atom stereocenters. The summed E-state index contributed by atoms with van der Waals surface area (Å²) in [5, 5.41) is 15.8. The minimum Gasteiger partial charge on any atom is -0.496 e. The van der Waals surface area contributed by atoms with Gasteiger partial charge in [-0.25, -0.2) is 0 Å². The third-order valence-electron chi connectivity index (χ3n) is 7.18. The highest BCUT2D eigenvalue weighted by atomic mass is 16.5. The normalized spacial score (nSPS) is 18.7. The Balaban J connectivity index is 1.21. The van der Waals surface area contributed by atoms with Crippen molar-refractivity contribution < 1.29 is 9.53 Å². The standard InChI is InChI=1S/C24H30N6O2/c1-32-20-7-3-2-6-19(20)24(12-4-5-13-24)16-25-23(31)18-10-14-29(15-11-18)22-9-8-21-27-26-17-30(21)28-22/h2-3,6-9,17-18H,4-5,10-16H2,1H3,(H,25,31). The third-order valence-corrected chi connectivity index (χ3v) is 7.18. The minimum absolute atomic E-state index is 0.0267. The smallest absolute Gasteiger partial charge is 0.223 e. The highest BCUT2D eigenvalue weighted by molar-refractivity contribution is 5.79. The van der Waals surface area contributed by atoms with E-state index in [1.165, 1.54) is 18.4 Å². The number of benzene rings is 1. The molecule has 8 heteroatoms. The van der Waals surface area contributed by atoms with E-state index >= 15 is 0 Å². The van der Waals surface area contributed by atoms with E-state index in [0.29, 0.717) is 6.54 Å². The zero-order chi connectivity index (χ0) is 22.0. The number of hydrogen-bond acceptors (Lipinski definition) is 6. The number of methoxy groups -OCH3 is 1. The van der Waals surface area contributed by atoms with E-state index < -0.39 is 0 Å². The second kappa shape index (κ2) is 8.76. The van der Waals surface area contributed by atoms with Crippen LogP contribution < -0.4 is 15.0 Å². The number of fused-ring (bicyclic) bond motifs is 1. The Hall–Kier alpha value is -3.16. The van der Waals surface area contributed by atoms with Gasteiger partial charge in [-0.2, -0.15) is 4.52 Å². The van der Waals surface area contributed by atoms with Crippen LogP contribution in [0.15, 0.2) is 42.7 Å². The van der Waals surface area contributed by atoms with Crippen LogP contribution in [-0.4, -0.2) is 52.5 Å². The molecule has 0 bridgehead atoms. The molecule has 1 saturated heterocycles. The molecule has 0 unspecified atom stereocenters. The number of anilines is 1. The SMILES string of the molecule is COc1ccccc1C1(CNC(=O)C2CCN(c3ccc4nncn4n3)CC2)CCCC1. The van der Waals surface area contributed by atoms with Crippen LogP contribution in [0, 0.1) is 5.92 Å². The molecule has 5 rings (SSSR count). The molecule has 1 aliphatic heterocycles. The van der Waals surface area contributed by atoms with Gasteiger partial charge < -0.3 is 15.0 Å². The van der Waals surface area contributed by atoms with Crippen LogP contribution in [0.4, 0.5) is 5.82 Å². The van der Waals surface area contributed by atoms with E-state index in [9.17, 15) is 4.79 Å². The second-order valence-corrected chi connectivity index (χ2v) is 8.99. The molecule has 32 heavy (non-hydrogen) atoms. The molecule has 3 aromatic rings. The molecule has 0 radical (unpaired) electrons.